The molecule has 1 aromatic carbocycles. The summed E-state index contributed by atoms with van der Waals surface area (Å²) < 4.78 is 7.45. The van der Waals surface area contributed by atoms with Crippen LogP contribution in [0.25, 0.3) is 11.0 Å². The van der Waals surface area contributed by atoms with Gasteiger partial charge < -0.3 is 15.0 Å². The zero-order chi connectivity index (χ0) is 45.6. The Morgan fingerprint density at radius 2 is 1.58 bits per heavy atom. The molecule has 17 nitrogen and oxygen atoms in total. The molecule has 3 aliphatic heterocycles. The number of Topliss-reactive ketones (excluding diaryl/α,β-unsaturated/α-hetero) is 2. The van der Waals surface area contributed by atoms with Gasteiger partial charge in [0.2, 0.25) is 17.8 Å². The van der Waals surface area contributed by atoms with Crippen LogP contribution in [0.3, 0.4) is 0 Å². The van der Waals surface area contributed by atoms with Crippen molar-refractivity contribution in [3.63, 3.8) is 0 Å². The Morgan fingerprint density at radius 1 is 0.846 bits per heavy atom. The highest BCUT2D eigenvalue weighted by molar-refractivity contribution is 6.24. The Labute approximate surface area is 377 Å². The number of hydrogen-bond donors (Lipinski definition) is 2. The number of carbonyl (C=O) groups excluding carboxylic acids is 6. The topological polar surface area (TPSA) is 206 Å². The summed E-state index contributed by atoms with van der Waals surface area (Å²) in [5, 5.41) is 6.11. The van der Waals surface area contributed by atoms with E-state index in [9.17, 15) is 33.6 Å². The molecule has 4 aliphatic rings. The molecule has 1 unspecified atom stereocenters. The minimum atomic E-state index is -1.07. The summed E-state index contributed by atoms with van der Waals surface area (Å²) in [6.45, 7) is 7.88. The van der Waals surface area contributed by atoms with Gasteiger partial charge in [0.05, 0.1) is 28.6 Å². The number of ether oxygens (including phenoxy) is 1. The van der Waals surface area contributed by atoms with Gasteiger partial charge in [0, 0.05) is 56.6 Å². The van der Waals surface area contributed by atoms with Crippen LogP contribution in [0.2, 0.25) is 0 Å². The molecule has 17 heteroatoms. The van der Waals surface area contributed by atoms with Gasteiger partial charge in [-0.2, -0.15) is 4.98 Å². The van der Waals surface area contributed by atoms with Gasteiger partial charge >= 0.3 is 0 Å². The molecule has 6 heterocycles. The third-order valence-corrected chi connectivity index (χ3v) is 13.2. The van der Waals surface area contributed by atoms with Gasteiger partial charge in [-0.15, -0.1) is 0 Å². The molecule has 2 N–H and O–H groups in total. The third kappa shape index (κ3) is 9.99. The summed E-state index contributed by atoms with van der Waals surface area (Å²) in [6.07, 6.45) is 15.2. The maximum absolute atomic E-state index is 13.6. The maximum Gasteiger partial charge on any atom is 0.266 e. The number of nitrogens with one attached hydrogen (secondary N) is 2. The lowest BCUT2D eigenvalue weighted by Gasteiger charge is -2.36. The number of nitrogens with zero attached hydrogens (tertiary/aromatic N) is 7. The lowest BCUT2D eigenvalue weighted by molar-refractivity contribution is -0.136. The van der Waals surface area contributed by atoms with Crippen LogP contribution in [-0.4, -0.2) is 110 Å². The van der Waals surface area contributed by atoms with Gasteiger partial charge in [0.1, 0.15) is 29.9 Å². The van der Waals surface area contributed by atoms with Crippen LogP contribution in [0.15, 0.2) is 47.5 Å². The van der Waals surface area contributed by atoms with E-state index in [0.717, 1.165) is 114 Å². The normalized spacial score (nSPS) is 18.1. The lowest BCUT2D eigenvalue weighted by Crippen LogP contribution is -2.54. The van der Waals surface area contributed by atoms with Gasteiger partial charge in [-0.1, -0.05) is 51.0 Å². The Morgan fingerprint density at radius 3 is 2.29 bits per heavy atom. The first-order chi connectivity index (χ1) is 31.5. The van der Waals surface area contributed by atoms with Gasteiger partial charge in [-0.05, 0) is 82.3 Å². The second kappa shape index (κ2) is 20.2. The van der Waals surface area contributed by atoms with E-state index in [1.165, 1.54) is 13.0 Å². The van der Waals surface area contributed by atoms with Crippen molar-refractivity contribution in [2.75, 3.05) is 49.5 Å². The molecule has 8 rings (SSSR count). The number of anilines is 3. The smallest absolute Gasteiger partial charge is 0.266 e. The Hall–Kier alpha value is -6.36. The molecule has 3 fully saturated rings. The maximum atomic E-state index is 13.6. The lowest BCUT2D eigenvalue weighted by atomic mass is 10.0. The summed E-state index contributed by atoms with van der Waals surface area (Å²) in [6, 6.07) is 7.53. The average molecular weight is 888 g/mol. The number of hydrogen-bond acceptors (Lipinski definition) is 14. The fourth-order valence-electron chi connectivity index (χ4n) is 9.68. The SMILES string of the molecule is CC(=O)c1c(C)c2cnc(Nc3ccc(N4CCN(CCCCCCCCCC(=O)COc5cccc6c5C(=O)N(C5CCC(=O)NC5=O)C6=O)CC4)cn3)nc2n(C2CCCC2)c1=O. The molecule has 342 valence electrons. The van der Waals surface area contributed by atoms with E-state index in [0.29, 0.717) is 34.8 Å². The van der Waals surface area contributed by atoms with Crippen LogP contribution < -0.4 is 25.8 Å². The van der Waals surface area contributed by atoms with Crippen molar-refractivity contribution in [1.82, 2.24) is 34.6 Å². The zero-order valence-electron chi connectivity index (χ0n) is 37.2. The van der Waals surface area contributed by atoms with Crippen LogP contribution >= 0.6 is 0 Å². The molecule has 4 aromatic rings. The number of ketones is 2. The predicted molar refractivity (Wildman–Crippen MR) is 243 cm³/mol. The molecule has 0 bridgehead atoms. The minimum Gasteiger partial charge on any atom is -0.485 e. The summed E-state index contributed by atoms with van der Waals surface area (Å²) in [4.78, 5) is 109. The standard InChI is InChI=1S/C48H57N9O8/c1-30-36-28-50-48(53-43(36)56(32-13-9-10-14-32)46(63)41(30)31(2)58)51-39-20-18-33(27-49-39)55-25-23-54(24-26-55)22-11-7-5-3-4-6-8-15-34(59)29-65-38-17-12-16-35-42(38)47(64)57(45(35)62)37-19-21-40(60)52-44(37)61/h12,16-18,20,27-28,32,37H,3-11,13-15,19,21-26,29H2,1-2H3,(H,52,60,61)(H,49,50,51,53). The fourth-order valence-corrected chi connectivity index (χ4v) is 9.68. The highest BCUT2D eigenvalue weighted by Crippen LogP contribution is 2.35. The summed E-state index contributed by atoms with van der Waals surface area (Å²) in [5.74, 6) is -1.65. The quantitative estimate of drug-likeness (QED) is 0.0644. The second-order valence-electron chi connectivity index (χ2n) is 17.6. The van der Waals surface area contributed by atoms with Gasteiger partial charge in [0.15, 0.2) is 11.6 Å². The number of carbonyl (C=O) groups is 6. The molecule has 1 atom stereocenters. The largest absolute Gasteiger partial charge is 0.485 e. The van der Waals surface area contributed by atoms with Crippen molar-refractivity contribution >= 4 is 63.7 Å². The Balaban J connectivity index is 0.702. The molecule has 0 radical (unpaired) electrons. The molecule has 1 aliphatic carbocycles. The van der Waals surface area contributed by atoms with E-state index in [2.05, 4.69) is 36.5 Å². The molecule has 4 amide bonds. The molecule has 2 saturated heterocycles. The van der Waals surface area contributed by atoms with Crippen molar-refractivity contribution in [1.29, 1.82) is 0 Å². The molecule has 1 saturated carbocycles. The first-order valence-corrected chi connectivity index (χ1v) is 23.1. The van der Waals surface area contributed by atoms with E-state index < -0.39 is 29.7 Å². The summed E-state index contributed by atoms with van der Waals surface area (Å²) in [5.41, 5.74) is 2.31. The monoisotopic (exact) mass is 887 g/mol. The van der Waals surface area contributed by atoms with Gasteiger partial charge in [-0.25, -0.2) is 9.97 Å². The Kier molecular flexibility index (Phi) is 14.1. The van der Waals surface area contributed by atoms with Crippen LogP contribution in [0, 0.1) is 6.92 Å². The van der Waals surface area contributed by atoms with Crippen LogP contribution in [0.4, 0.5) is 17.5 Å². The van der Waals surface area contributed by atoms with Crippen LogP contribution in [0.5, 0.6) is 5.75 Å². The first kappa shape index (κ1) is 45.2. The Bertz CT molecular complexity index is 2540. The number of pyridine rings is 2. The zero-order valence-corrected chi connectivity index (χ0v) is 37.2. The number of rotatable bonds is 19. The number of imide groups is 2. The number of piperidine rings is 1. The van der Waals surface area contributed by atoms with Crippen molar-refractivity contribution in [3.05, 3.63) is 75.3 Å². The number of benzene rings is 1. The second-order valence-corrected chi connectivity index (χ2v) is 17.6. The third-order valence-electron chi connectivity index (χ3n) is 13.2. The van der Waals surface area contributed by atoms with Crippen molar-refractivity contribution in [2.45, 2.75) is 116 Å². The number of amides is 4. The first-order valence-electron chi connectivity index (χ1n) is 23.1. The van der Waals surface area contributed by atoms with Gasteiger partial charge in [-0.3, -0.25) is 53.2 Å². The van der Waals surface area contributed by atoms with E-state index in [-0.39, 0.29) is 65.1 Å². The van der Waals surface area contributed by atoms with E-state index >= 15 is 0 Å². The minimum absolute atomic E-state index is 0.00944. The fraction of sp³-hybridized carbons (Fsp3) is 0.500. The molecular formula is C48H57N9O8. The van der Waals surface area contributed by atoms with Gasteiger partial charge in [0.25, 0.3) is 17.4 Å². The van der Waals surface area contributed by atoms with Crippen LogP contribution in [-0.2, 0) is 14.4 Å². The summed E-state index contributed by atoms with van der Waals surface area (Å²) >= 11 is 0. The predicted octanol–water partition coefficient (Wildman–Crippen LogP) is 5.85. The number of aryl methyl sites for hydroxylation is 1. The molecular weight excluding hydrogens is 831 g/mol. The number of aromatic nitrogens is 4. The molecule has 3 aromatic heterocycles. The van der Waals surface area contributed by atoms with Crippen molar-refractivity contribution in [2.24, 2.45) is 0 Å². The van der Waals surface area contributed by atoms with Crippen molar-refractivity contribution in [3.8, 4) is 5.75 Å². The highest BCUT2D eigenvalue weighted by atomic mass is 16.5. The number of unbranched alkanes of at least 4 members (excludes halogenated alkanes) is 6. The number of piperazine rings is 1. The molecule has 0 spiro atoms. The van der Waals surface area contributed by atoms with E-state index in [1.54, 1.807) is 29.8 Å². The average Bonchev–Trinajstić information content (AvgIpc) is 3.91. The van der Waals surface area contributed by atoms with Crippen molar-refractivity contribution < 1.29 is 33.5 Å². The summed E-state index contributed by atoms with van der Waals surface area (Å²) in [7, 11) is 0. The van der Waals surface area contributed by atoms with E-state index in [4.69, 9.17) is 9.72 Å². The van der Waals surface area contributed by atoms with Crippen LogP contribution in [0.1, 0.15) is 139 Å². The molecule has 65 heavy (non-hydrogen) atoms. The highest BCUT2D eigenvalue weighted by Gasteiger charge is 2.46. The number of fused-ring (bicyclic) bond motifs is 2. The van der Waals surface area contributed by atoms with E-state index in [1.807, 2.05) is 12.3 Å².